The number of rotatable bonds is 5. The van der Waals surface area contributed by atoms with Crippen LogP contribution in [0.2, 0.25) is 0 Å². The first-order chi connectivity index (χ1) is 30.7. The lowest BCUT2D eigenvalue weighted by atomic mass is 10.0. The average Bonchev–Trinajstić information content (AvgIpc) is 3.85. The molecule has 0 saturated heterocycles. The predicted octanol–water partition coefficient (Wildman–Crippen LogP) is 14.5. The Morgan fingerprint density at radius 1 is 0.274 bits per heavy atom. The van der Waals surface area contributed by atoms with Crippen LogP contribution in [0.15, 0.2) is 212 Å². The van der Waals surface area contributed by atoms with Gasteiger partial charge in [-0.05, 0) is 64.0 Å². The summed E-state index contributed by atoms with van der Waals surface area (Å²) in [6.45, 7) is 0. The molecular weight excluding hydrogens is 755 g/mol. The Morgan fingerprint density at radius 2 is 0.823 bits per heavy atom. The first-order valence-corrected chi connectivity index (χ1v) is 21.0. The van der Waals surface area contributed by atoms with Crippen molar-refractivity contribution in [1.29, 1.82) is 0 Å². The third-order valence-electron chi connectivity index (χ3n) is 12.5. The molecule has 0 saturated carbocycles. The molecule has 3 heterocycles. The van der Waals surface area contributed by atoms with Gasteiger partial charge in [0.2, 0.25) is 0 Å². The molecule has 0 amide bonds. The van der Waals surface area contributed by atoms with Crippen molar-refractivity contribution in [2.45, 2.75) is 0 Å². The highest BCUT2D eigenvalue weighted by atomic mass is 15.0. The molecule has 3 aromatic heterocycles. The van der Waals surface area contributed by atoms with Crippen molar-refractivity contribution in [1.82, 2.24) is 24.1 Å². The Labute approximate surface area is 356 Å². The zero-order chi connectivity index (χ0) is 40.7. The fraction of sp³-hybridized carbons (Fsp3) is 0. The van der Waals surface area contributed by atoms with Crippen molar-refractivity contribution < 1.29 is 0 Å². The molecule has 0 radical (unpaired) electrons. The van der Waals surface area contributed by atoms with Crippen LogP contribution >= 0.6 is 0 Å². The number of hydrogen-bond acceptors (Lipinski definition) is 3. The fourth-order valence-corrected chi connectivity index (χ4v) is 9.62. The molecule has 62 heavy (non-hydrogen) atoms. The molecule has 0 fully saturated rings. The molecule has 0 aliphatic carbocycles. The molecule has 0 aliphatic rings. The van der Waals surface area contributed by atoms with Gasteiger partial charge in [-0.1, -0.05) is 170 Å². The van der Waals surface area contributed by atoms with Crippen LogP contribution in [-0.2, 0) is 0 Å². The van der Waals surface area contributed by atoms with Gasteiger partial charge >= 0.3 is 0 Å². The van der Waals surface area contributed by atoms with Crippen LogP contribution in [0.1, 0.15) is 0 Å². The van der Waals surface area contributed by atoms with Gasteiger partial charge in [-0.2, -0.15) is 0 Å². The average molecular weight is 790 g/mol. The molecule has 0 unspecified atom stereocenters. The van der Waals surface area contributed by atoms with Gasteiger partial charge in [0, 0.05) is 54.7 Å². The van der Waals surface area contributed by atoms with Crippen LogP contribution in [0.3, 0.4) is 0 Å². The van der Waals surface area contributed by atoms with Crippen LogP contribution in [-0.4, -0.2) is 24.1 Å². The van der Waals surface area contributed by atoms with Crippen molar-refractivity contribution in [3.63, 3.8) is 0 Å². The van der Waals surface area contributed by atoms with E-state index in [-0.39, 0.29) is 0 Å². The summed E-state index contributed by atoms with van der Waals surface area (Å²) in [5.74, 6) is 1.89. The maximum atomic E-state index is 5.18. The second-order valence-corrected chi connectivity index (χ2v) is 16.0. The van der Waals surface area contributed by atoms with E-state index in [4.69, 9.17) is 15.0 Å². The van der Waals surface area contributed by atoms with Gasteiger partial charge in [0.05, 0.1) is 27.8 Å². The van der Waals surface area contributed by atoms with Crippen molar-refractivity contribution in [3.8, 4) is 45.5 Å². The van der Waals surface area contributed by atoms with E-state index in [2.05, 4.69) is 185 Å². The third kappa shape index (κ3) is 5.32. The van der Waals surface area contributed by atoms with Crippen LogP contribution < -0.4 is 0 Å². The van der Waals surface area contributed by atoms with E-state index < -0.39 is 0 Å². The number of nitrogens with zero attached hydrogens (tertiary/aromatic N) is 5. The van der Waals surface area contributed by atoms with E-state index in [0.717, 1.165) is 55.4 Å². The van der Waals surface area contributed by atoms with E-state index in [1.807, 2.05) is 36.4 Å². The lowest BCUT2D eigenvalue weighted by Crippen LogP contribution is -2.02. The standard InChI is InChI=1S/C57H35N5/c1-3-17-38(18-4-1)55-58-56(39-19-5-2-6-20-39)60-57(59-55)42-31-41-22-10-11-23-44(41)51(33-42)62-50-26-14-13-25-46(50)48-34-49-47-30-28-37-16-9-12-24-45(37)54(47)61(52(49)35-53(48)62)43-29-27-36-15-7-8-21-40(36)32-43/h1-35H. The summed E-state index contributed by atoms with van der Waals surface area (Å²) in [6.07, 6.45) is 0. The van der Waals surface area contributed by atoms with Gasteiger partial charge in [0.15, 0.2) is 17.5 Å². The van der Waals surface area contributed by atoms with Crippen molar-refractivity contribution in [3.05, 3.63) is 212 Å². The summed E-state index contributed by atoms with van der Waals surface area (Å²) in [5, 5.41) is 12.0. The third-order valence-corrected chi connectivity index (χ3v) is 12.5. The molecule has 13 aromatic rings. The lowest BCUT2D eigenvalue weighted by Gasteiger charge is -2.15. The minimum Gasteiger partial charge on any atom is -0.309 e. The van der Waals surface area contributed by atoms with E-state index in [0.29, 0.717) is 17.5 Å². The lowest BCUT2D eigenvalue weighted by molar-refractivity contribution is 1.07. The predicted molar refractivity (Wildman–Crippen MR) is 257 cm³/mol. The Hall–Kier alpha value is -8.41. The highest BCUT2D eigenvalue weighted by Crippen LogP contribution is 2.43. The largest absolute Gasteiger partial charge is 0.309 e. The van der Waals surface area contributed by atoms with Crippen LogP contribution in [0, 0.1) is 0 Å². The number of para-hydroxylation sites is 1. The molecule has 13 rings (SSSR count). The van der Waals surface area contributed by atoms with Crippen molar-refractivity contribution >= 4 is 75.9 Å². The summed E-state index contributed by atoms with van der Waals surface area (Å²) in [5.41, 5.74) is 9.61. The monoisotopic (exact) mass is 789 g/mol. The van der Waals surface area contributed by atoms with Gasteiger partial charge in [-0.3, -0.25) is 0 Å². The van der Waals surface area contributed by atoms with Crippen LogP contribution in [0.25, 0.3) is 121 Å². The number of aromatic nitrogens is 5. The van der Waals surface area contributed by atoms with Gasteiger partial charge < -0.3 is 9.13 Å². The summed E-state index contributed by atoms with van der Waals surface area (Å²) >= 11 is 0. The molecule has 0 bridgehead atoms. The van der Waals surface area contributed by atoms with Crippen LogP contribution in [0.5, 0.6) is 0 Å². The molecule has 5 heteroatoms. The van der Waals surface area contributed by atoms with E-state index in [1.165, 1.54) is 48.6 Å². The van der Waals surface area contributed by atoms with E-state index in [9.17, 15) is 0 Å². The van der Waals surface area contributed by atoms with Gasteiger partial charge in [0.25, 0.3) is 0 Å². The summed E-state index contributed by atoms with van der Waals surface area (Å²) in [4.78, 5) is 15.4. The minimum atomic E-state index is 0.621. The zero-order valence-electron chi connectivity index (χ0n) is 33.4. The normalized spacial score (nSPS) is 11.9. The topological polar surface area (TPSA) is 48.5 Å². The number of fused-ring (bicyclic) bond motifs is 10. The highest BCUT2D eigenvalue weighted by Gasteiger charge is 2.22. The summed E-state index contributed by atoms with van der Waals surface area (Å²) in [6, 6.07) is 75.9. The molecule has 10 aromatic carbocycles. The van der Waals surface area contributed by atoms with Crippen molar-refractivity contribution in [2.24, 2.45) is 0 Å². The number of hydrogen-bond donors (Lipinski definition) is 0. The second-order valence-electron chi connectivity index (χ2n) is 16.0. The van der Waals surface area contributed by atoms with E-state index in [1.54, 1.807) is 0 Å². The van der Waals surface area contributed by atoms with Gasteiger partial charge in [-0.15, -0.1) is 0 Å². The molecule has 288 valence electrons. The first kappa shape index (κ1) is 34.5. The summed E-state index contributed by atoms with van der Waals surface area (Å²) < 4.78 is 4.93. The van der Waals surface area contributed by atoms with Crippen molar-refractivity contribution in [2.75, 3.05) is 0 Å². The Bertz CT molecular complexity index is 3860. The Balaban J connectivity index is 1.13. The SMILES string of the molecule is c1ccc(-c2nc(-c3ccccc3)nc(-c3cc(-n4c5ccccc5c5cc6c7ccc8ccccc8c7n(-c7ccc8ccccc8c7)c6cc54)c4ccccc4c3)n2)cc1. The zero-order valence-corrected chi connectivity index (χ0v) is 33.4. The highest BCUT2D eigenvalue weighted by molar-refractivity contribution is 6.23. The summed E-state index contributed by atoms with van der Waals surface area (Å²) in [7, 11) is 0. The first-order valence-electron chi connectivity index (χ1n) is 21.0. The number of benzene rings is 10. The molecule has 5 nitrogen and oxygen atoms in total. The molecule has 0 spiro atoms. The van der Waals surface area contributed by atoms with Crippen LogP contribution in [0.4, 0.5) is 0 Å². The Morgan fingerprint density at radius 3 is 1.56 bits per heavy atom. The molecule has 0 atom stereocenters. The smallest absolute Gasteiger partial charge is 0.164 e. The molecule has 0 aliphatic heterocycles. The molecular formula is C57H35N5. The second kappa shape index (κ2) is 13.6. The fourth-order valence-electron chi connectivity index (χ4n) is 9.62. The van der Waals surface area contributed by atoms with Gasteiger partial charge in [-0.25, -0.2) is 15.0 Å². The quantitative estimate of drug-likeness (QED) is 0.174. The van der Waals surface area contributed by atoms with E-state index >= 15 is 0 Å². The molecule has 0 N–H and O–H groups in total. The maximum absolute atomic E-state index is 5.18. The Kier molecular flexibility index (Phi) is 7.54. The van der Waals surface area contributed by atoms with Gasteiger partial charge in [0.1, 0.15) is 0 Å². The minimum absolute atomic E-state index is 0.621. The maximum Gasteiger partial charge on any atom is 0.164 e.